The molecule has 0 aromatic heterocycles. The molecule has 22 heavy (non-hydrogen) atoms. The predicted octanol–water partition coefficient (Wildman–Crippen LogP) is 3.45. The van der Waals surface area contributed by atoms with E-state index in [9.17, 15) is 13.2 Å². The lowest BCUT2D eigenvalue weighted by molar-refractivity contribution is 0.102. The van der Waals surface area contributed by atoms with Crippen molar-refractivity contribution in [2.75, 3.05) is 17.3 Å². The van der Waals surface area contributed by atoms with E-state index >= 15 is 0 Å². The molecule has 1 N–H and O–H groups in total. The van der Waals surface area contributed by atoms with Gasteiger partial charge in [0.25, 0.3) is 5.91 Å². The van der Waals surface area contributed by atoms with Crippen LogP contribution in [0.4, 0.5) is 5.69 Å². The lowest BCUT2D eigenvalue weighted by Crippen LogP contribution is -2.13. The van der Waals surface area contributed by atoms with Crippen molar-refractivity contribution in [3.05, 3.63) is 54.1 Å². The first kappa shape index (κ1) is 16.6. The number of sulfone groups is 1. The third-order valence-corrected chi connectivity index (χ3v) is 5.06. The molecule has 0 saturated heterocycles. The zero-order valence-corrected chi connectivity index (χ0v) is 14.0. The van der Waals surface area contributed by atoms with Crippen LogP contribution in [0.1, 0.15) is 17.3 Å². The lowest BCUT2D eigenvalue weighted by atomic mass is 10.2. The molecule has 2 rings (SSSR count). The molecule has 2 aromatic rings. The average Bonchev–Trinajstić information content (AvgIpc) is 2.47. The van der Waals surface area contributed by atoms with E-state index in [2.05, 4.69) is 5.32 Å². The van der Waals surface area contributed by atoms with Gasteiger partial charge in [0.2, 0.25) is 0 Å². The normalized spacial score (nSPS) is 11.2. The van der Waals surface area contributed by atoms with Gasteiger partial charge in [0, 0.05) is 16.8 Å². The van der Waals surface area contributed by atoms with Gasteiger partial charge < -0.3 is 5.32 Å². The van der Waals surface area contributed by atoms with E-state index in [1.54, 1.807) is 30.0 Å². The van der Waals surface area contributed by atoms with Crippen LogP contribution in [0.5, 0.6) is 0 Å². The number of rotatable bonds is 5. The summed E-state index contributed by atoms with van der Waals surface area (Å²) in [6.45, 7) is 2.03. The largest absolute Gasteiger partial charge is 0.322 e. The predicted molar refractivity (Wildman–Crippen MR) is 90.3 cm³/mol. The number of carbonyl (C=O) groups is 1. The van der Waals surface area contributed by atoms with Gasteiger partial charge in [-0.2, -0.15) is 0 Å². The Morgan fingerprint density at radius 2 is 1.73 bits per heavy atom. The van der Waals surface area contributed by atoms with E-state index in [0.717, 1.165) is 16.9 Å². The number of anilines is 1. The molecule has 0 spiro atoms. The van der Waals surface area contributed by atoms with Gasteiger partial charge in [0.1, 0.15) is 0 Å². The number of amides is 1. The van der Waals surface area contributed by atoms with Crippen molar-refractivity contribution in [1.29, 1.82) is 0 Å². The fraction of sp³-hybridized carbons (Fsp3) is 0.188. The molecule has 4 nitrogen and oxygen atoms in total. The Balaban J connectivity index is 2.19. The van der Waals surface area contributed by atoms with Crippen LogP contribution in [-0.4, -0.2) is 26.3 Å². The topological polar surface area (TPSA) is 63.2 Å². The number of nitrogens with one attached hydrogen (secondary N) is 1. The first-order valence-corrected chi connectivity index (χ1v) is 9.63. The van der Waals surface area contributed by atoms with Crippen LogP contribution < -0.4 is 5.32 Å². The van der Waals surface area contributed by atoms with E-state index in [-0.39, 0.29) is 10.8 Å². The van der Waals surface area contributed by atoms with Gasteiger partial charge >= 0.3 is 0 Å². The molecular weight excluding hydrogens is 318 g/mol. The van der Waals surface area contributed by atoms with Crippen LogP contribution in [0.25, 0.3) is 0 Å². The van der Waals surface area contributed by atoms with Gasteiger partial charge in [0.15, 0.2) is 9.84 Å². The van der Waals surface area contributed by atoms with Gasteiger partial charge in [0.05, 0.1) is 10.5 Å². The molecule has 0 fully saturated rings. The van der Waals surface area contributed by atoms with Crippen molar-refractivity contribution < 1.29 is 13.2 Å². The second-order valence-electron chi connectivity index (χ2n) is 4.68. The number of hydrogen-bond acceptors (Lipinski definition) is 4. The van der Waals surface area contributed by atoms with Gasteiger partial charge in [-0.1, -0.05) is 19.1 Å². The fourth-order valence-corrected chi connectivity index (χ4v) is 3.35. The fourth-order valence-electron chi connectivity index (χ4n) is 1.92. The van der Waals surface area contributed by atoms with Crippen molar-refractivity contribution in [3.8, 4) is 0 Å². The van der Waals surface area contributed by atoms with Gasteiger partial charge in [-0.25, -0.2) is 8.42 Å². The zero-order chi connectivity index (χ0) is 16.2. The van der Waals surface area contributed by atoms with E-state index in [4.69, 9.17) is 0 Å². The van der Waals surface area contributed by atoms with E-state index in [1.807, 2.05) is 25.1 Å². The molecule has 2 aromatic carbocycles. The highest BCUT2D eigenvalue weighted by molar-refractivity contribution is 7.99. The van der Waals surface area contributed by atoms with Crippen LogP contribution in [0, 0.1) is 0 Å². The molecule has 1 amide bonds. The number of benzene rings is 2. The minimum Gasteiger partial charge on any atom is -0.322 e. The van der Waals surface area contributed by atoms with Gasteiger partial charge in [-0.05, 0) is 42.2 Å². The Morgan fingerprint density at radius 3 is 2.32 bits per heavy atom. The Kier molecular flexibility index (Phi) is 5.26. The van der Waals surface area contributed by atoms with E-state index in [1.165, 1.54) is 12.1 Å². The Bertz CT molecular complexity index is 768. The second-order valence-corrected chi connectivity index (χ2v) is 8.00. The summed E-state index contributed by atoms with van der Waals surface area (Å²) in [6.07, 6.45) is 1.15. The summed E-state index contributed by atoms with van der Waals surface area (Å²) >= 11 is 1.61. The molecule has 0 heterocycles. The highest BCUT2D eigenvalue weighted by atomic mass is 32.2. The lowest BCUT2D eigenvalue weighted by Gasteiger charge is -2.09. The molecule has 6 heteroatoms. The van der Waals surface area contributed by atoms with Crippen LogP contribution in [0.3, 0.4) is 0 Å². The van der Waals surface area contributed by atoms with Crippen molar-refractivity contribution >= 4 is 33.2 Å². The smallest absolute Gasteiger partial charge is 0.256 e. The highest BCUT2D eigenvalue weighted by Gasteiger charge is 2.12. The summed E-state index contributed by atoms with van der Waals surface area (Å²) in [7, 11) is -3.23. The van der Waals surface area contributed by atoms with Crippen molar-refractivity contribution in [2.45, 2.75) is 16.7 Å². The summed E-state index contributed by atoms with van der Waals surface area (Å²) in [4.78, 5) is 13.5. The third kappa shape index (κ3) is 4.11. The van der Waals surface area contributed by atoms with Crippen LogP contribution >= 0.6 is 11.8 Å². The first-order valence-electron chi connectivity index (χ1n) is 6.75. The summed E-state index contributed by atoms with van der Waals surface area (Å²) in [5, 5.41) is 2.79. The van der Waals surface area contributed by atoms with Gasteiger partial charge in [-0.3, -0.25) is 4.79 Å². The summed E-state index contributed by atoms with van der Waals surface area (Å²) in [5.41, 5.74) is 1.18. The maximum Gasteiger partial charge on any atom is 0.256 e. The van der Waals surface area contributed by atoms with E-state index < -0.39 is 9.84 Å². The van der Waals surface area contributed by atoms with Crippen LogP contribution in [0.15, 0.2) is 58.3 Å². The number of carbonyl (C=O) groups excluding carboxylic acids is 1. The number of thioether (sulfide) groups is 1. The second kappa shape index (κ2) is 6.98. The van der Waals surface area contributed by atoms with Crippen molar-refractivity contribution in [2.24, 2.45) is 0 Å². The van der Waals surface area contributed by atoms with Crippen LogP contribution in [0.2, 0.25) is 0 Å². The maximum atomic E-state index is 12.3. The molecule has 0 unspecified atom stereocenters. The minimum atomic E-state index is -3.23. The molecule has 116 valence electrons. The Labute approximate surface area is 134 Å². The van der Waals surface area contributed by atoms with Crippen molar-refractivity contribution in [1.82, 2.24) is 0 Å². The monoisotopic (exact) mass is 335 g/mol. The first-order chi connectivity index (χ1) is 10.4. The maximum absolute atomic E-state index is 12.3. The summed E-state index contributed by atoms with van der Waals surface area (Å²) in [6, 6.07) is 13.5. The minimum absolute atomic E-state index is 0.205. The number of hydrogen-bond donors (Lipinski definition) is 1. The molecule has 0 bridgehead atoms. The van der Waals surface area contributed by atoms with E-state index in [0.29, 0.717) is 11.3 Å². The molecule has 0 aliphatic rings. The SMILES string of the molecule is CCSc1ccccc1C(=O)Nc1ccc(S(C)(=O)=O)cc1. The highest BCUT2D eigenvalue weighted by Crippen LogP contribution is 2.23. The summed E-state index contributed by atoms with van der Waals surface area (Å²) < 4.78 is 22.8. The molecule has 0 aliphatic carbocycles. The molecule has 0 aliphatic heterocycles. The Hall–Kier alpha value is -1.79. The summed E-state index contributed by atoms with van der Waals surface area (Å²) in [5.74, 6) is 0.677. The molecular formula is C16H17NO3S2. The third-order valence-electron chi connectivity index (χ3n) is 2.97. The average molecular weight is 335 g/mol. The zero-order valence-electron chi connectivity index (χ0n) is 12.4. The molecule has 0 radical (unpaired) electrons. The Morgan fingerprint density at radius 1 is 1.09 bits per heavy atom. The van der Waals surface area contributed by atoms with Gasteiger partial charge in [-0.15, -0.1) is 11.8 Å². The van der Waals surface area contributed by atoms with Crippen LogP contribution in [-0.2, 0) is 9.84 Å². The molecule has 0 atom stereocenters. The standard InChI is InChI=1S/C16H17NO3S2/c1-3-21-15-7-5-4-6-14(15)16(18)17-12-8-10-13(11-9-12)22(2,19)20/h4-11H,3H2,1-2H3,(H,17,18). The molecule has 0 saturated carbocycles. The quantitative estimate of drug-likeness (QED) is 0.850. The van der Waals surface area contributed by atoms with Crippen molar-refractivity contribution in [3.63, 3.8) is 0 Å².